The van der Waals surface area contributed by atoms with E-state index < -0.39 is 5.97 Å². The van der Waals surface area contributed by atoms with Crippen molar-refractivity contribution in [3.8, 4) is 34.1 Å². The fourth-order valence-corrected chi connectivity index (χ4v) is 4.15. The zero-order valence-electron chi connectivity index (χ0n) is 19.9. The lowest BCUT2D eigenvalue weighted by Gasteiger charge is -2.14. The number of fused-ring (bicyclic) bond motifs is 1. The summed E-state index contributed by atoms with van der Waals surface area (Å²) in [4.78, 5) is 16.3. The van der Waals surface area contributed by atoms with Gasteiger partial charge in [0.1, 0.15) is 11.3 Å². The minimum atomic E-state index is -1.27. The Morgan fingerprint density at radius 2 is 1.86 bits per heavy atom. The van der Waals surface area contributed by atoms with Gasteiger partial charge in [-0.1, -0.05) is 49.7 Å². The third kappa shape index (κ3) is 4.49. The first kappa shape index (κ1) is 23.7. The number of benzene rings is 3. The van der Waals surface area contributed by atoms with Crippen molar-refractivity contribution in [2.24, 2.45) is 0 Å². The summed E-state index contributed by atoms with van der Waals surface area (Å²) < 4.78 is 6.75. The second-order valence-electron chi connectivity index (χ2n) is 8.37. The number of aromatic carboxylic acids is 1. The maximum absolute atomic E-state index is 13.3. The number of hydrogen-bond donors (Lipinski definition) is 3. The second-order valence-corrected chi connectivity index (χ2v) is 8.37. The number of nitrogen functional groups attached to an aromatic ring is 1. The Hall–Kier alpha value is -5.06. The van der Waals surface area contributed by atoms with E-state index in [-0.39, 0.29) is 28.2 Å². The number of hydrogen-bond acceptors (Lipinski definition) is 8. The van der Waals surface area contributed by atoms with Crippen molar-refractivity contribution in [1.29, 1.82) is 0 Å². The molecular weight excluding hydrogens is 474 g/mol. The van der Waals surface area contributed by atoms with Gasteiger partial charge in [0.15, 0.2) is 5.52 Å². The molecule has 0 bridgehead atoms. The molecule has 0 fully saturated rings. The van der Waals surface area contributed by atoms with Gasteiger partial charge in [-0.2, -0.15) is 14.9 Å². The lowest BCUT2D eigenvalue weighted by atomic mass is 9.99. The number of nitrogens with zero attached hydrogens (tertiary/aromatic N) is 5. The van der Waals surface area contributed by atoms with E-state index in [0.29, 0.717) is 28.4 Å². The van der Waals surface area contributed by atoms with Crippen molar-refractivity contribution in [2.75, 3.05) is 5.73 Å². The summed E-state index contributed by atoms with van der Waals surface area (Å²) in [5.74, 6) is -0.312. The number of H-pyrrole nitrogens is 1. The van der Waals surface area contributed by atoms with Crippen LogP contribution in [0.4, 0.5) is 5.69 Å². The van der Waals surface area contributed by atoms with Crippen LogP contribution in [0.1, 0.15) is 35.8 Å². The van der Waals surface area contributed by atoms with Crippen LogP contribution in [-0.4, -0.2) is 36.7 Å². The highest BCUT2D eigenvalue weighted by Crippen LogP contribution is 2.33. The molecule has 0 saturated heterocycles. The molecule has 37 heavy (non-hydrogen) atoms. The second kappa shape index (κ2) is 9.90. The summed E-state index contributed by atoms with van der Waals surface area (Å²) in [6.07, 6.45) is 2.01. The van der Waals surface area contributed by atoms with E-state index in [1.165, 1.54) is 12.1 Å². The van der Waals surface area contributed by atoms with Crippen molar-refractivity contribution in [3.05, 3.63) is 77.1 Å². The molecule has 0 aliphatic carbocycles. The third-order valence-corrected chi connectivity index (χ3v) is 5.99. The third-order valence-electron chi connectivity index (χ3n) is 5.99. The quantitative estimate of drug-likeness (QED) is 0.162. The SMILES string of the molecule is CCCCc1c(Oc2ccc(-c3ccccc3-c3nn[nH]n3)cc2)nc2c(C(=O)O)c(N)ccc2[n+]1[O-]. The number of nitrogens with one attached hydrogen (secondary N) is 1. The highest BCUT2D eigenvalue weighted by molar-refractivity contribution is 6.05. The van der Waals surface area contributed by atoms with Crippen LogP contribution >= 0.6 is 0 Å². The van der Waals surface area contributed by atoms with Gasteiger partial charge in [-0.25, -0.2) is 4.79 Å². The molecule has 3 aromatic carbocycles. The number of carboxylic acids is 1. The van der Waals surface area contributed by atoms with E-state index in [1.807, 2.05) is 43.3 Å². The summed E-state index contributed by atoms with van der Waals surface area (Å²) >= 11 is 0. The maximum Gasteiger partial charge on any atom is 0.340 e. The number of carbonyl (C=O) groups is 1. The number of ether oxygens (including phenoxy) is 1. The van der Waals surface area contributed by atoms with Crippen LogP contribution in [0.5, 0.6) is 11.6 Å². The van der Waals surface area contributed by atoms with Crippen LogP contribution < -0.4 is 15.2 Å². The number of rotatable bonds is 8. The molecule has 5 aromatic rings. The number of tetrazole rings is 1. The first-order chi connectivity index (χ1) is 18.0. The average Bonchev–Trinajstić information content (AvgIpc) is 3.44. The van der Waals surface area contributed by atoms with E-state index in [4.69, 9.17) is 10.5 Å². The molecular formula is C26H23N7O4. The van der Waals surface area contributed by atoms with E-state index in [2.05, 4.69) is 25.6 Å². The van der Waals surface area contributed by atoms with Gasteiger partial charge in [0, 0.05) is 23.7 Å². The van der Waals surface area contributed by atoms with Crippen molar-refractivity contribution in [2.45, 2.75) is 26.2 Å². The highest BCUT2D eigenvalue weighted by atomic mass is 16.5. The summed E-state index contributed by atoms with van der Waals surface area (Å²) in [5, 5.41) is 37.2. The number of carboxylic acid groups (broad SMARTS) is 1. The van der Waals surface area contributed by atoms with Gasteiger partial charge >= 0.3 is 5.97 Å². The van der Waals surface area contributed by atoms with Gasteiger partial charge in [-0.05, 0) is 41.0 Å². The Bertz CT molecular complexity index is 1590. The predicted octanol–water partition coefficient (Wildman–Crippen LogP) is 4.13. The zero-order chi connectivity index (χ0) is 25.9. The normalized spacial score (nSPS) is 11.1. The van der Waals surface area contributed by atoms with Crippen LogP contribution in [0, 0.1) is 5.21 Å². The topological polar surface area (TPSA) is 167 Å². The number of unbranched alkanes of at least 4 members (excludes halogenated alkanes) is 1. The molecule has 186 valence electrons. The molecule has 0 saturated carbocycles. The lowest BCUT2D eigenvalue weighted by molar-refractivity contribution is -0.586. The Morgan fingerprint density at radius 1 is 1.11 bits per heavy atom. The van der Waals surface area contributed by atoms with Crippen molar-refractivity contribution >= 4 is 22.7 Å². The lowest BCUT2D eigenvalue weighted by Crippen LogP contribution is -2.34. The molecule has 0 unspecified atom stereocenters. The van der Waals surface area contributed by atoms with Crippen LogP contribution in [0.3, 0.4) is 0 Å². The number of nitrogens with two attached hydrogens (primary N) is 1. The molecule has 0 aliphatic rings. The van der Waals surface area contributed by atoms with Gasteiger partial charge in [0.25, 0.3) is 11.6 Å². The molecule has 4 N–H and O–H groups in total. The van der Waals surface area contributed by atoms with Crippen molar-refractivity contribution in [3.63, 3.8) is 0 Å². The van der Waals surface area contributed by atoms with Crippen LogP contribution in [-0.2, 0) is 6.42 Å². The van der Waals surface area contributed by atoms with Gasteiger partial charge < -0.3 is 20.8 Å². The molecule has 0 radical (unpaired) electrons. The zero-order valence-corrected chi connectivity index (χ0v) is 19.9. The summed E-state index contributed by atoms with van der Waals surface area (Å²) in [6.45, 7) is 2.01. The number of aromatic amines is 1. The minimum Gasteiger partial charge on any atom is -0.618 e. The molecule has 11 nitrogen and oxygen atoms in total. The Balaban J connectivity index is 1.55. The fraction of sp³-hybridized carbons (Fsp3) is 0.154. The molecule has 0 aliphatic heterocycles. The van der Waals surface area contributed by atoms with Gasteiger partial charge in [0.05, 0.1) is 0 Å². The number of aromatic nitrogens is 6. The molecule has 0 spiro atoms. The van der Waals surface area contributed by atoms with Gasteiger partial charge in [0.2, 0.25) is 11.3 Å². The molecule has 11 heteroatoms. The molecule has 0 atom stereocenters. The summed E-state index contributed by atoms with van der Waals surface area (Å²) in [6, 6.07) is 17.8. The first-order valence-corrected chi connectivity index (χ1v) is 11.7. The van der Waals surface area contributed by atoms with Crippen LogP contribution in [0.25, 0.3) is 33.5 Å². The van der Waals surface area contributed by atoms with E-state index in [9.17, 15) is 15.1 Å². The monoisotopic (exact) mass is 497 g/mol. The van der Waals surface area contributed by atoms with Crippen LogP contribution in [0.2, 0.25) is 0 Å². The Morgan fingerprint density at radius 3 is 2.54 bits per heavy atom. The predicted molar refractivity (Wildman–Crippen MR) is 136 cm³/mol. The number of anilines is 1. The standard InChI is InChI=1S/C26H23N7O4/c1-2-3-8-21-25(28-23-20(33(21)36)14-13-19(27)22(23)26(34)35)37-16-11-9-15(10-12-16)17-6-4-5-7-18(17)24-29-31-32-30-24/h4-7,9-14H,2-3,8,27H2,1H3,(H,34,35)(H,29,30,31,32). The maximum atomic E-state index is 13.3. The van der Waals surface area contributed by atoms with E-state index in [0.717, 1.165) is 29.5 Å². The smallest absolute Gasteiger partial charge is 0.340 e. The Labute approximate surface area is 211 Å². The summed E-state index contributed by atoms with van der Waals surface area (Å²) in [5.41, 5.74) is 8.71. The molecule has 5 rings (SSSR count). The average molecular weight is 498 g/mol. The van der Waals surface area contributed by atoms with Gasteiger partial charge in [-0.3, -0.25) is 0 Å². The van der Waals surface area contributed by atoms with Gasteiger partial charge in [-0.15, -0.1) is 10.2 Å². The largest absolute Gasteiger partial charge is 0.618 e. The first-order valence-electron chi connectivity index (χ1n) is 11.7. The van der Waals surface area contributed by atoms with Crippen LogP contribution in [0.15, 0.2) is 60.7 Å². The van der Waals surface area contributed by atoms with E-state index >= 15 is 0 Å². The highest BCUT2D eigenvalue weighted by Gasteiger charge is 2.26. The molecule has 0 amide bonds. The molecule has 2 aromatic heterocycles. The fourth-order valence-electron chi connectivity index (χ4n) is 4.15. The summed E-state index contributed by atoms with van der Waals surface area (Å²) in [7, 11) is 0. The van der Waals surface area contributed by atoms with Crippen molar-refractivity contribution < 1.29 is 19.4 Å². The molecule has 2 heterocycles. The van der Waals surface area contributed by atoms with Crippen molar-refractivity contribution in [1.82, 2.24) is 25.6 Å². The van der Waals surface area contributed by atoms with E-state index in [1.54, 1.807) is 12.1 Å². The minimum absolute atomic E-state index is 0.0179. The Kier molecular flexibility index (Phi) is 6.33.